The highest BCUT2D eigenvalue weighted by molar-refractivity contribution is 5.88. The Morgan fingerprint density at radius 3 is 1.97 bits per heavy atom. The van der Waals surface area contributed by atoms with Crippen LogP contribution in [-0.2, 0) is 14.3 Å². The highest BCUT2D eigenvalue weighted by Crippen LogP contribution is 2.44. The minimum absolute atomic E-state index is 0.0319. The summed E-state index contributed by atoms with van der Waals surface area (Å²) in [5.74, 6) is -1.33. The smallest absolute Gasteiger partial charge is 0.407 e. The maximum Gasteiger partial charge on any atom is 0.407 e. The molecule has 0 atom stereocenters. The van der Waals surface area contributed by atoms with E-state index in [1.54, 1.807) is 0 Å². The van der Waals surface area contributed by atoms with E-state index in [-0.39, 0.29) is 24.9 Å². The highest BCUT2D eigenvalue weighted by atomic mass is 16.5. The largest absolute Gasteiger partial charge is 0.480 e. The lowest BCUT2D eigenvalue weighted by Crippen LogP contribution is -2.60. The van der Waals surface area contributed by atoms with Crippen molar-refractivity contribution in [1.82, 2.24) is 10.6 Å². The van der Waals surface area contributed by atoms with E-state index >= 15 is 0 Å². The maximum absolute atomic E-state index is 12.9. The van der Waals surface area contributed by atoms with Crippen LogP contribution in [0.5, 0.6) is 0 Å². The Balaban J connectivity index is 1.21. The van der Waals surface area contributed by atoms with Crippen molar-refractivity contribution in [2.45, 2.75) is 74.8 Å². The van der Waals surface area contributed by atoms with Gasteiger partial charge in [0.05, 0.1) is 5.54 Å². The maximum atomic E-state index is 12.9. The molecule has 0 unspecified atom stereocenters. The van der Waals surface area contributed by atoms with Crippen LogP contribution in [0.25, 0.3) is 11.1 Å². The molecule has 3 aliphatic carbocycles. The van der Waals surface area contributed by atoms with Crippen LogP contribution in [0, 0.1) is 0 Å². The molecule has 2 fully saturated rings. The molecule has 35 heavy (non-hydrogen) atoms. The highest BCUT2D eigenvalue weighted by Gasteiger charge is 2.45. The van der Waals surface area contributed by atoms with Crippen LogP contribution < -0.4 is 10.6 Å². The molecule has 3 N–H and O–H groups in total. The van der Waals surface area contributed by atoms with Crippen LogP contribution in [0.2, 0.25) is 0 Å². The van der Waals surface area contributed by atoms with Gasteiger partial charge in [-0.3, -0.25) is 4.79 Å². The number of alkyl carbamates (subject to hydrolysis) is 1. The number of amides is 2. The van der Waals surface area contributed by atoms with Gasteiger partial charge in [0, 0.05) is 12.3 Å². The van der Waals surface area contributed by atoms with Gasteiger partial charge >= 0.3 is 12.1 Å². The van der Waals surface area contributed by atoms with Gasteiger partial charge in [0.1, 0.15) is 12.1 Å². The Morgan fingerprint density at radius 1 is 0.829 bits per heavy atom. The third kappa shape index (κ3) is 4.51. The molecule has 0 aromatic heterocycles. The van der Waals surface area contributed by atoms with Crippen LogP contribution in [0.15, 0.2) is 48.5 Å². The third-order valence-corrected chi connectivity index (χ3v) is 8.02. The zero-order chi connectivity index (χ0) is 24.5. The molecular formula is C28H32N2O5. The topological polar surface area (TPSA) is 105 Å². The molecule has 7 nitrogen and oxygen atoms in total. The SMILES string of the molecule is O=C(CC1(NC(=O)OCC2c3ccccc3-c3ccccc32)CCC1)NC1(C(=O)O)CCCCC1. The number of carboxylic acids is 1. The fourth-order valence-corrected chi connectivity index (χ4v) is 5.97. The van der Waals surface area contributed by atoms with Gasteiger partial charge in [-0.25, -0.2) is 9.59 Å². The first-order valence-electron chi connectivity index (χ1n) is 12.6. The van der Waals surface area contributed by atoms with Crippen molar-refractivity contribution in [3.8, 4) is 11.1 Å². The van der Waals surface area contributed by atoms with Gasteiger partial charge in [0.15, 0.2) is 0 Å². The number of hydrogen-bond acceptors (Lipinski definition) is 4. The van der Waals surface area contributed by atoms with Gasteiger partial charge in [-0.15, -0.1) is 0 Å². The fourth-order valence-electron chi connectivity index (χ4n) is 5.97. The molecule has 2 aromatic rings. The Morgan fingerprint density at radius 2 is 1.43 bits per heavy atom. The number of carboxylic acid groups (broad SMARTS) is 1. The molecule has 2 aromatic carbocycles. The third-order valence-electron chi connectivity index (χ3n) is 8.02. The second kappa shape index (κ2) is 9.36. The summed E-state index contributed by atoms with van der Waals surface area (Å²) in [6.45, 7) is 0.213. The summed E-state index contributed by atoms with van der Waals surface area (Å²) in [4.78, 5) is 37.6. The molecule has 5 rings (SSSR count). The van der Waals surface area contributed by atoms with Crippen LogP contribution in [0.3, 0.4) is 0 Å². The summed E-state index contributed by atoms with van der Waals surface area (Å²) in [6, 6.07) is 16.3. The Hall–Kier alpha value is -3.35. The quantitative estimate of drug-likeness (QED) is 0.535. The van der Waals surface area contributed by atoms with E-state index < -0.39 is 23.1 Å². The molecule has 0 heterocycles. The monoisotopic (exact) mass is 476 g/mol. The summed E-state index contributed by atoms with van der Waals surface area (Å²) in [6.07, 6.45) is 5.22. The van der Waals surface area contributed by atoms with Crippen molar-refractivity contribution in [2.24, 2.45) is 0 Å². The van der Waals surface area contributed by atoms with E-state index in [0.29, 0.717) is 25.7 Å². The van der Waals surface area contributed by atoms with Crippen molar-refractivity contribution in [2.75, 3.05) is 6.61 Å². The van der Waals surface area contributed by atoms with Gasteiger partial charge in [0.25, 0.3) is 0 Å². The number of hydrogen-bond donors (Lipinski definition) is 3. The lowest BCUT2D eigenvalue weighted by atomic mass is 9.73. The van der Waals surface area contributed by atoms with Gasteiger partial charge in [-0.2, -0.15) is 0 Å². The summed E-state index contributed by atoms with van der Waals surface area (Å²) in [5, 5.41) is 15.5. The van der Waals surface area contributed by atoms with Crippen LogP contribution >= 0.6 is 0 Å². The minimum atomic E-state index is -1.19. The Bertz CT molecular complexity index is 1090. The normalized spacial score (nSPS) is 19.5. The average Bonchev–Trinajstić information content (AvgIpc) is 3.15. The first-order chi connectivity index (χ1) is 16.9. The van der Waals surface area contributed by atoms with Crippen molar-refractivity contribution in [3.05, 3.63) is 59.7 Å². The number of nitrogens with one attached hydrogen (secondary N) is 2. The molecule has 0 radical (unpaired) electrons. The standard InChI is InChI=1S/C28H32N2O5/c31-24(29-28(25(32)33)15-6-1-7-16-28)17-27(13-8-14-27)30-26(34)35-18-23-21-11-4-2-9-19(21)20-10-3-5-12-22(20)23/h2-5,9-12,23H,1,6-8,13-18H2,(H,29,31)(H,30,34)(H,32,33). The number of carbonyl (C=O) groups excluding carboxylic acids is 2. The molecule has 0 saturated heterocycles. The summed E-state index contributed by atoms with van der Waals surface area (Å²) < 4.78 is 5.68. The Kier molecular flexibility index (Phi) is 6.26. The number of aliphatic carboxylic acids is 1. The van der Waals surface area contributed by atoms with E-state index in [1.165, 1.54) is 11.1 Å². The molecular weight excluding hydrogens is 444 g/mol. The summed E-state index contributed by atoms with van der Waals surface area (Å²) in [7, 11) is 0. The average molecular weight is 477 g/mol. The molecule has 3 aliphatic rings. The van der Waals surface area contributed by atoms with Gasteiger partial charge in [0.2, 0.25) is 5.91 Å². The first kappa shape index (κ1) is 23.4. The van der Waals surface area contributed by atoms with E-state index in [1.807, 2.05) is 24.3 Å². The van der Waals surface area contributed by atoms with E-state index in [9.17, 15) is 19.5 Å². The van der Waals surface area contributed by atoms with Gasteiger partial charge in [-0.05, 0) is 54.4 Å². The minimum Gasteiger partial charge on any atom is -0.480 e. The lowest BCUT2D eigenvalue weighted by Gasteiger charge is -2.43. The number of fused-ring (bicyclic) bond motifs is 3. The van der Waals surface area contributed by atoms with Crippen LogP contribution in [0.1, 0.15) is 74.8 Å². The van der Waals surface area contributed by atoms with Crippen LogP contribution in [-0.4, -0.2) is 40.8 Å². The number of ether oxygens (including phenoxy) is 1. The second-order valence-electron chi connectivity index (χ2n) is 10.3. The number of rotatable bonds is 7. The lowest BCUT2D eigenvalue weighted by molar-refractivity contribution is -0.149. The van der Waals surface area contributed by atoms with E-state index in [0.717, 1.165) is 36.8 Å². The molecule has 184 valence electrons. The molecule has 0 spiro atoms. The van der Waals surface area contributed by atoms with Gasteiger partial charge in [-0.1, -0.05) is 67.8 Å². The van der Waals surface area contributed by atoms with Crippen molar-refractivity contribution < 1.29 is 24.2 Å². The van der Waals surface area contributed by atoms with E-state index in [4.69, 9.17) is 4.74 Å². The summed E-state index contributed by atoms with van der Waals surface area (Å²) in [5.41, 5.74) is 2.75. The number of benzene rings is 2. The summed E-state index contributed by atoms with van der Waals surface area (Å²) >= 11 is 0. The van der Waals surface area contributed by atoms with Crippen molar-refractivity contribution in [3.63, 3.8) is 0 Å². The molecule has 2 amide bonds. The van der Waals surface area contributed by atoms with Crippen molar-refractivity contribution in [1.29, 1.82) is 0 Å². The van der Waals surface area contributed by atoms with E-state index in [2.05, 4.69) is 34.9 Å². The van der Waals surface area contributed by atoms with Crippen molar-refractivity contribution >= 4 is 18.0 Å². The first-order valence-corrected chi connectivity index (χ1v) is 12.6. The zero-order valence-electron chi connectivity index (χ0n) is 19.8. The molecule has 0 bridgehead atoms. The van der Waals surface area contributed by atoms with Crippen LogP contribution in [0.4, 0.5) is 4.79 Å². The number of carbonyl (C=O) groups is 3. The zero-order valence-corrected chi connectivity index (χ0v) is 19.8. The molecule has 2 saturated carbocycles. The second-order valence-corrected chi connectivity index (χ2v) is 10.3. The predicted octanol–water partition coefficient (Wildman–Crippen LogP) is 4.74. The molecule has 0 aliphatic heterocycles. The van der Waals surface area contributed by atoms with Gasteiger partial charge < -0.3 is 20.5 Å². The Labute approximate surface area is 205 Å². The molecule has 7 heteroatoms. The fraction of sp³-hybridized carbons (Fsp3) is 0.464. The predicted molar refractivity (Wildman–Crippen MR) is 131 cm³/mol.